The van der Waals surface area contributed by atoms with E-state index in [0.717, 1.165) is 18.6 Å². The quantitative estimate of drug-likeness (QED) is 0.835. The lowest BCUT2D eigenvalue weighted by Gasteiger charge is -2.46. The lowest BCUT2D eigenvalue weighted by molar-refractivity contribution is 0.0228. The lowest BCUT2D eigenvalue weighted by Crippen LogP contribution is -2.47. The van der Waals surface area contributed by atoms with Crippen molar-refractivity contribution in [1.29, 1.82) is 0 Å². The standard InChI is InChI=1S/C22H23FN2O2S/c1-27-17-11-12-22(18-9-5-6-10-19(18)23)16(13-17)14-28-21(25-22)24-20(26)15-7-3-2-4-8-15/h2-10,16-17H,11-14H2,1H3,(H,24,25,26)/t16-,17+,22?/m0/s1. The molecular formula is C22H23FN2O2S. The lowest BCUT2D eigenvalue weighted by atomic mass is 9.68. The summed E-state index contributed by atoms with van der Waals surface area (Å²) >= 11 is 1.52. The van der Waals surface area contributed by atoms with E-state index in [1.54, 1.807) is 25.3 Å². The largest absolute Gasteiger partial charge is 0.381 e. The number of fused-ring (bicyclic) bond motifs is 1. The number of nitrogens with one attached hydrogen (secondary N) is 1. The molecular weight excluding hydrogens is 375 g/mol. The van der Waals surface area contributed by atoms with Gasteiger partial charge in [0.05, 0.1) is 11.6 Å². The Morgan fingerprint density at radius 3 is 2.71 bits per heavy atom. The Morgan fingerprint density at radius 2 is 1.96 bits per heavy atom. The maximum absolute atomic E-state index is 14.8. The summed E-state index contributed by atoms with van der Waals surface area (Å²) < 4.78 is 20.4. The molecule has 1 amide bonds. The molecule has 0 radical (unpaired) electrons. The van der Waals surface area contributed by atoms with Crippen molar-refractivity contribution >= 4 is 22.8 Å². The van der Waals surface area contributed by atoms with Crippen LogP contribution < -0.4 is 5.32 Å². The van der Waals surface area contributed by atoms with E-state index in [0.29, 0.717) is 22.7 Å². The molecule has 0 saturated heterocycles. The monoisotopic (exact) mass is 398 g/mol. The minimum Gasteiger partial charge on any atom is -0.381 e. The molecule has 1 aliphatic heterocycles. The van der Waals surface area contributed by atoms with Crippen molar-refractivity contribution in [2.24, 2.45) is 10.9 Å². The summed E-state index contributed by atoms with van der Waals surface area (Å²) in [6.45, 7) is 0. The van der Waals surface area contributed by atoms with Crippen LogP contribution in [0.1, 0.15) is 35.2 Å². The van der Waals surface area contributed by atoms with Crippen LogP contribution in [-0.4, -0.2) is 30.0 Å². The first-order chi connectivity index (χ1) is 13.6. The second-order valence-electron chi connectivity index (χ2n) is 7.28. The zero-order valence-electron chi connectivity index (χ0n) is 15.7. The first kappa shape index (κ1) is 19.2. The van der Waals surface area contributed by atoms with Crippen LogP contribution in [0.4, 0.5) is 4.39 Å². The fourth-order valence-corrected chi connectivity index (χ4v) is 5.39. The fourth-order valence-electron chi connectivity index (χ4n) is 4.23. The normalized spacial score (nSPS) is 26.9. The Morgan fingerprint density at radius 1 is 1.21 bits per heavy atom. The van der Waals surface area contributed by atoms with Crippen molar-refractivity contribution in [3.8, 4) is 0 Å². The van der Waals surface area contributed by atoms with Crippen LogP contribution in [0, 0.1) is 11.7 Å². The van der Waals surface area contributed by atoms with Gasteiger partial charge in [0.2, 0.25) is 0 Å². The van der Waals surface area contributed by atoms with E-state index in [-0.39, 0.29) is 23.7 Å². The number of aliphatic imine (C=N–C) groups is 1. The Bertz CT molecular complexity index is 889. The smallest absolute Gasteiger partial charge is 0.257 e. The van der Waals surface area contributed by atoms with Gasteiger partial charge in [-0.25, -0.2) is 4.39 Å². The van der Waals surface area contributed by atoms with Crippen LogP contribution in [0.25, 0.3) is 0 Å². The van der Waals surface area contributed by atoms with E-state index in [4.69, 9.17) is 9.73 Å². The van der Waals surface area contributed by atoms with E-state index in [1.807, 2.05) is 30.3 Å². The van der Waals surface area contributed by atoms with Gasteiger partial charge in [-0.3, -0.25) is 9.79 Å². The van der Waals surface area contributed by atoms with Crippen molar-refractivity contribution < 1.29 is 13.9 Å². The molecule has 146 valence electrons. The molecule has 1 heterocycles. The van der Waals surface area contributed by atoms with E-state index < -0.39 is 5.54 Å². The Labute approximate surface area is 168 Å². The van der Waals surface area contributed by atoms with Crippen LogP contribution in [0.5, 0.6) is 0 Å². The first-order valence-corrected chi connectivity index (χ1v) is 10.5. The summed E-state index contributed by atoms with van der Waals surface area (Å²) in [4.78, 5) is 17.5. The number of hydrogen-bond acceptors (Lipinski definition) is 4. The topological polar surface area (TPSA) is 50.7 Å². The van der Waals surface area contributed by atoms with Gasteiger partial charge in [0.15, 0.2) is 5.17 Å². The van der Waals surface area contributed by atoms with Crippen LogP contribution in [0.3, 0.4) is 0 Å². The highest BCUT2D eigenvalue weighted by molar-refractivity contribution is 8.13. The predicted octanol–water partition coefficient (Wildman–Crippen LogP) is 4.37. The third-order valence-electron chi connectivity index (χ3n) is 5.72. The number of amidine groups is 1. The van der Waals surface area contributed by atoms with Gasteiger partial charge < -0.3 is 10.1 Å². The molecule has 1 fully saturated rings. The van der Waals surface area contributed by atoms with Gasteiger partial charge in [0.25, 0.3) is 5.91 Å². The maximum Gasteiger partial charge on any atom is 0.257 e. The number of ether oxygens (including phenoxy) is 1. The number of nitrogens with zero attached hydrogens (tertiary/aromatic N) is 1. The van der Waals surface area contributed by atoms with Crippen molar-refractivity contribution in [2.45, 2.75) is 30.9 Å². The van der Waals surface area contributed by atoms with Gasteiger partial charge in [0, 0.05) is 29.9 Å². The minimum atomic E-state index is -0.662. The summed E-state index contributed by atoms with van der Waals surface area (Å²) in [5, 5.41) is 3.49. The number of hydrogen-bond donors (Lipinski definition) is 1. The van der Waals surface area contributed by atoms with Crippen LogP contribution >= 0.6 is 11.8 Å². The van der Waals surface area contributed by atoms with Gasteiger partial charge in [-0.1, -0.05) is 48.2 Å². The van der Waals surface area contributed by atoms with Gasteiger partial charge in [-0.15, -0.1) is 0 Å². The highest BCUT2D eigenvalue weighted by Gasteiger charge is 2.48. The molecule has 2 aromatic rings. The number of rotatable bonds is 3. The van der Waals surface area contributed by atoms with Crippen molar-refractivity contribution in [3.63, 3.8) is 0 Å². The van der Waals surface area contributed by atoms with Crippen molar-refractivity contribution in [2.75, 3.05) is 12.9 Å². The summed E-state index contributed by atoms with van der Waals surface area (Å²) in [6.07, 6.45) is 2.51. The molecule has 6 heteroatoms. The van der Waals surface area contributed by atoms with Gasteiger partial charge >= 0.3 is 0 Å². The molecule has 1 saturated carbocycles. The number of halogens is 1. The maximum atomic E-state index is 14.8. The summed E-state index contributed by atoms with van der Waals surface area (Å²) in [5.41, 5.74) is 0.530. The van der Waals surface area contributed by atoms with E-state index >= 15 is 0 Å². The second kappa shape index (κ2) is 8.05. The molecule has 1 N–H and O–H groups in total. The highest BCUT2D eigenvalue weighted by atomic mass is 32.2. The van der Waals surface area contributed by atoms with Crippen LogP contribution in [0.2, 0.25) is 0 Å². The minimum absolute atomic E-state index is 0.158. The SMILES string of the molecule is CO[C@@H]1CCC2(c3ccccc3F)N=C(NC(=O)c3ccccc3)SC[C@@H]2C1. The molecule has 0 bridgehead atoms. The van der Waals surface area contributed by atoms with Crippen LogP contribution in [0.15, 0.2) is 59.6 Å². The molecule has 1 unspecified atom stereocenters. The summed E-state index contributed by atoms with van der Waals surface area (Å²) in [7, 11) is 1.73. The summed E-state index contributed by atoms with van der Waals surface area (Å²) in [5.74, 6) is 0.486. The zero-order valence-corrected chi connectivity index (χ0v) is 16.5. The van der Waals surface area contributed by atoms with E-state index in [1.165, 1.54) is 17.8 Å². The average Bonchev–Trinajstić information content (AvgIpc) is 2.74. The number of thioether (sulfide) groups is 1. The summed E-state index contributed by atoms with van der Waals surface area (Å²) in [6, 6.07) is 15.9. The second-order valence-corrected chi connectivity index (χ2v) is 8.29. The number of carbonyl (C=O) groups is 1. The fraction of sp³-hybridized carbons (Fsp3) is 0.364. The van der Waals surface area contributed by atoms with Gasteiger partial charge in [-0.05, 0) is 37.5 Å². The molecule has 2 aliphatic rings. The van der Waals surface area contributed by atoms with Crippen LogP contribution in [-0.2, 0) is 10.3 Å². The van der Waals surface area contributed by atoms with Crippen molar-refractivity contribution in [3.05, 3.63) is 71.5 Å². The van der Waals surface area contributed by atoms with Gasteiger partial charge in [0.1, 0.15) is 5.82 Å². The number of methoxy groups -OCH3 is 1. The number of amides is 1. The highest BCUT2D eigenvalue weighted by Crippen LogP contribution is 2.50. The molecule has 0 spiro atoms. The zero-order chi connectivity index (χ0) is 19.6. The Kier molecular flexibility index (Phi) is 5.51. The average molecular weight is 399 g/mol. The van der Waals surface area contributed by atoms with Crippen molar-refractivity contribution in [1.82, 2.24) is 5.32 Å². The van der Waals surface area contributed by atoms with E-state index in [9.17, 15) is 9.18 Å². The van der Waals surface area contributed by atoms with E-state index in [2.05, 4.69) is 5.32 Å². The molecule has 1 aliphatic carbocycles. The molecule has 4 rings (SSSR count). The molecule has 0 aromatic heterocycles. The first-order valence-electron chi connectivity index (χ1n) is 9.49. The molecule has 2 aromatic carbocycles. The Hall–Kier alpha value is -2.18. The van der Waals surface area contributed by atoms with Gasteiger partial charge in [-0.2, -0.15) is 0 Å². The number of benzene rings is 2. The third-order valence-corrected chi connectivity index (χ3v) is 6.76. The molecule has 3 atom stereocenters. The Balaban J connectivity index is 1.68. The number of carbonyl (C=O) groups excluding carboxylic acids is 1. The third kappa shape index (κ3) is 3.59. The molecule has 4 nitrogen and oxygen atoms in total. The molecule has 28 heavy (non-hydrogen) atoms. The predicted molar refractivity (Wildman–Crippen MR) is 110 cm³/mol.